The molecule has 0 radical (unpaired) electrons. The van der Waals surface area contributed by atoms with Gasteiger partial charge in [0.1, 0.15) is 0 Å². The molecule has 0 aromatic heterocycles. The summed E-state index contributed by atoms with van der Waals surface area (Å²) in [5.41, 5.74) is 0. The molecule has 3 aliphatic rings. The minimum absolute atomic E-state index is 1.04. The smallest absolute Gasteiger partial charge is 0.0386 e. The summed E-state index contributed by atoms with van der Waals surface area (Å²) in [6.07, 6.45) is 18.6. The predicted octanol–water partition coefficient (Wildman–Crippen LogP) is 5.81. The Morgan fingerprint density at radius 2 is 1.44 bits per heavy atom. The number of hydrogen-bond acceptors (Lipinski definition) is 0. The van der Waals surface area contributed by atoms with Crippen molar-refractivity contribution in [1.82, 2.24) is 0 Å². The molecular weight excluding hydrogens is 216 g/mol. The van der Waals surface area contributed by atoms with E-state index in [0.717, 1.165) is 29.6 Å². The van der Waals surface area contributed by atoms with Crippen LogP contribution in [0.3, 0.4) is 0 Å². The Morgan fingerprint density at radius 1 is 0.722 bits per heavy atom. The largest absolute Gasteiger partial charge is 0.0622 e. The second-order valence-corrected chi connectivity index (χ2v) is 7.84. The van der Waals surface area contributed by atoms with E-state index in [1.165, 1.54) is 19.3 Å². The van der Waals surface area contributed by atoms with Gasteiger partial charge < -0.3 is 0 Å². The second kappa shape index (κ2) is 5.97. The Kier molecular flexibility index (Phi) is 4.31. The van der Waals surface area contributed by atoms with Crippen LogP contribution in [0.1, 0.15) is 84.0 Å². The van der Waals surface area contributed by atoms with Crippen molar-refractivity contribution in [2.24, 2.45) is 29.6 Å². The molecule has 0 aliphatic heterocycles. The Morgan fingerprint density at radius 3 is 2.11 bits per heavy atom. The first-order valence-corrected chi connectivity index (χ1v) is 8.81. The summed E-state index contributed by atoms with van der Waals surface area (Å²) in [6.45, 7) is 2.54. The lowest BCUT2D eigenvalue weighted by Gasteiger charge is -2.27. The van der Waals surface area contributed by atoms with Crippen LogP contribution >= 0.6 is 0 Å². The lowest BCUT2D eigenvalue weighted by molar-refractivity contribution is 0.254. The maximum Gasteiger partial charge on any atom is -0.0386 e. The van der Waals surface area contributed by atoms with E-state index in [1.807, 2.05) is 0 Å². The Labute approximate surface area is 114 Å². The van der Waals surface area contributed by atoms with Gasteiger partial charge >= 0.3 is 0 Å². The summed E-state index contributed by atoms with van der Waals surface area (Å²) in [7, 11) is 0. The van der Waals surface area contributed by atoms with Gasteiger partial charge in [-0.1, -0.05) is 58.3 Å². The molecule has 0 heteroatoms. The van der Waals surface area contributed by atoms with Gasteiger partial charge in [-0.25, -0.2) is 0 Å². The van der Waals surface area contributed by atoms with Crippen LogP contribution in [0.15, 0.2) is 0 Å². The van der Waals surface area contributed by atoms with Crippen molar-refractivity contribution in [2.45, 2.75) is 84.0 Å². The molecule has 3 saturated carbocycles. The van der Waals surface area contributed by atoms with Crippen molar-refractivity contribution in [3.8, 4) is 0 Å². The summed E-state index contributed by atoms with van der Waals surface area (Å²) in [4.78, 5) is 0. The van der Waals surface area contributed by atoms with E-state index in [2.05, 4.69) is 6.92 Å². The highest BCUT2D eigenvalue weighted by Gasteiger charge is 2.33. The zero-order valence-corrected chi connectivity index (χ0v) is 12.4. The van der Waals surface area contributed by atoms with Crippen molar-refractivity contribution in [1.29, 1.82) is 0 Å². The normalized spacial score (nSPS) is 38.2. The highest BCUT2D eigenvalue weighted by atomic mass is 14.4. The zero-order valence-electron chi connectivity index (χ0n) is 12.4. The predicted molar refractivity (Wildman–Crippen MR) is 78.5 cm³/mol. The van der Waals surface area contributed by atoms with Crippen LogP contribution in [0, 0.1) is 29.6 Å². The second-order valence-electron chi connectivity index (χ2n) is 7.84. The van der Waals surface area contributed by atoms with Gasteiger partial charge in [0.2, 0.25) is 0 Å². The van der Waals surface area contributed by atoms with Gasteiger partial charge in [0.25, 0.3) is 0 Å². The van der Waals surface area contributed by atoms with Crippen molar-refractivity contribution < 1.29 is 0 Å². The molecule has 0 nitrogen and oxygen atoms in total. The van der Waals surface area contributed by atoms with Gasteiger partial charge in [0.05, 0.1) is 0 Å². The van der Waals surface area contributed by atoms with E-state index in [1.54, 1.807) is 57.8 Å². The van der Waals surface area contributed by atoms with Gasteiger partial charge in [0, 0.05) is 0 Å². The van der Waals surface area contributed by atoms with Crippen molar-refractivity contribution >= 4 is 0 Å². The highest BCUT2D eigenvalue weighted by Crippen LogP contribution is 2.45. The molecule has 0 amide bonds. The van der Waals surface area contributed by atoms with E-state index in [4.69, 9.17) is 0 Å². The first-order chi connectivity index (χ1) is 8.81. The summed E-state index contributed by atoms with van der Waals surface area (Å²) in [5, 5.41) is 0. The molecular formula is C18H32. The van der Waals surface area contributed by atoms with Crippen LogP contribution in [0.5, 0.6) is 0 Å². The van der Waals surface area contributed by atoms with Gasteiger partial charge in [-0.15, -0.1) is 0 Å². The first-order valence-electron chi connectivity index (χ1n) is 8.81. The molecule has 3 aliphatic carbocycles. The molecule has 104 valence electrons. The average molecular weight is 248 g/mol. The molecule has 0 aromatic carbocycles. The summed E-state index contributed by atoms with van der Waals surface area (Å²) in [6, 6.07) is 0. The SMILES string of the molecule is CC1CC(CC2CCCC2)CC1CCC1CCC1. The van der Waals surface area contributed by atoms with Gasteiger partial charge in [0.15, 0.2) is 0 Å². The Hall–Kier alpha value is 0. The third-order valence-corrected chi connectivity index (χ3v) is 6.46. The molecule has 3 atom stereocenters. The third kappa shape index (κ3) is 3.11. The Balaban J connectivity index is 1.39. The minimum atomic E-state index is 1.04. The summed E-state index contributed by atoms with van der Waals surface area (Å²) in [5.74, 6) is 5.49. The van der Waals surface area contributed by atoms with Crippen LogP contribution in [0.25, 0.3) is 0 Å². The summed E-state index contributed by atoms with van der Waals surface area (Å²) < 4.78 is 0. The molecule has 0 aromatic rings. The van der Waals surface area contributed by atoms with Gasteiger partial charge in [-0.3, -0.25) is 0 Å². The van der Waals surface area contributed by atoms with Crippen molar-refractivity contribution in [3.05, 3.63) is 0 Å². The van der Waals surface area contributed by atoms with Crippen molar-refractivity contribution in [3.63, 3.8) is 0 Å². The minimum Gasteiger partial charge on any atom is -0.0622 e. The molecule has 3 fully saturated rings. The van der Waals surface area contributed by atoms with E-state index < -0.39 is 0 Å². The van der Waals surface area contributed by atoms with E-state index in [9.17, 15) is 0 Å². The van der Waals surface area contributed by atoms with E-state index in [-0.39, 0.29) is 0 Å². The maximum atomic E-state index is 2.54. The van der Waals surface area contributed by atoms with Gasteiger partial charge in [-0.05, 0) is 55.3 Å². The molecule has 3 unspecified atom stereocenters. The maximum absolute atomic E-state index is 2.54. The molecule has 0 N–H and O–H groups in total. The molecule has 0 spiro atoms. The zero-order chi connectivity index (χ0) is 12.4. The lowest BCUT2D eigenvalue weighted by Crippen LogP contribution is -2.13. The van der Waals surface area contributed by atoms with Gasteiger partial charge in [-0.2, -0.15) is 0 Å². The fourth-order valence-corrected chi connectivity index (χ4v) is 5.02. The summed E-state index contributed by atoms with van der Waals surface area (Å²) >= 11 is 0. The average Bonchev–Trinajstić information content (AvgIpc) is 2.88. The Bertz CT molecular complexity index is 247. The van der Waals surface area contributed by atoms with Crippen LogP contribution < -0.4 is 0 Å². The topological polar surface area (TPSA) is 0 Å². The molecule has 3 rings (SSSR count). The quantitative estimate of drug-likeness (QED) is 0.576. The monoisotopic (exact) mass is 248 g/mol. The standard InChI is InChI=1S/C18H32/c1-14-11-17(12-16-5-2-3-6-16)13-18(14)10-9-15-7-4-8-15/h14-18H,2-13H2,1H3. The lowest BCUT2D eigenvalue weighted by atomic mass is 9.79. The van der Waals surface area contributed by atoms with Crippen LogP contribution in [0.4, 0.5) is 0 Å². The number of hydrogen-bond donors (Lipinski definition) is 0. The molecule has 18 heavy (non-hydrogen) atoms. The fraction of sp³-hybridized carbons (Fsp3) is 1.00. The third-order valence-electron chi connectivity index (χ3n) is 6.46. The van der Waals surface area contributed by atoms with E-state index >= 15 is 0 Å². The van der Waals surface area contributed by atoms with Crippen molar-refractivity contribution in [2.75, 3.05) is 0 Å². The number of rotatable bonds is 5. The molecule has 0 heterocycles. The molecule has 0 saturated heterocycles. The van der Waals surface area contributed by atoms with Crippen LogP contribution in [-0.4, -0.2) is 0 Å². The molecule has 0 bridgehead atoms. The van der Waals surface area contributed by atoms with Crippen LogP contribution in [0.2, 0.25) is 0 Å². The first kappa shape index (κ1) is 13.0. The highest BCUT2D eigenvalue weighted by molar-refractivity contribution is 4.84. The van der Waals surface area contributed by atoms with E-state index in [0.29, 0.717) is 0 Å². The van der Waals surface area contributed by atoms with Crippen LogP contribution in [-0.2, 0) is 0 Å². The fourth-order valence-electron chi connectivity index (χ4n) is 5.02.